The molecule has 1 fully saturated rings. The molecule has 0 saturated carbocycles. The Balaban J connectivity index is 1.55. The molecule has 26 heavy (non-hydrogen) atoms. The predicted molar refractivity (Wildman–Crippen MR) is 102 cm³/mol. The Morgan fingerprint density at radius 2 is 2.31 bits per heavy atom. The zero-order valence-corrected chi connectivity index (χ0v) is 15.9. The van der Waals surface area contributed by atoms with E-state index in [1.807, 2.05) is 13.0 Å². The van der Waals surface area contributed by atoms with Gasteiger partial charge in [0, 0.05) is 45.0 Å². The third kappa shape index (κ3) is 4.75. The first-order chi connectivity index (χ1) is 12.7. The van der Waals surface area contributed by atoms with Gasteiger partial charge in [-0.15, -0.1) is 10.2 Å². The molecule has 1 aliphatic rings. The van der Waals surface area contributed by atoms with E-state index in [0.29, 0.717) is 16.7 Å². The molecule has 2 aromatic heterocycles. The lowest BCUT2D eigenvalue weighted by Gasteiger charge is -2.40. The average molecular weight is 376 g/mol. The summed E-state index contributed by atoms with van der Waals surface area (Å²) in [6, 6.07) is 4.13. The highest BCUT2D eigenvalue weighted by atomic mass is 32.1. The van der Waals surface area contributed by atoms with Gasteiger partial charge in [0.15, 0.2) is 0 Å². The van der Waals surface area contributed by atoms with Crippen LogP contribution in [-0.4, -0.2) is 71.4 Å². The van der Waals surface area contributed by atoms with Crippen LogP contribution in [0.25, 0.3) is 0 Å². The molecule has 0 radical (unpaired) electrons. The third-order valence-corrected chi connectivity index (χ3v) is 5.01. The standard InChI is InChI=1S/C17H24N6O2S/c1-3-25-9-8-22-6-7-23(11-13(22)2)15-5-4-14(10-18-15)16(24)20-17-21-19-12-26-17/h4-5,10,12-13H,3,6-9,11H2,1-2H3,(H,20,21,24). The number of amides is 1. The topological polar surface area (TPSA) is 83.5 Å². The highest BCUT2D eigenvalue weighted by Gasteiger charge is 2.24. The van der Waals surface area contributed by atoms with E-state index in [4.69, 9.17) is 4.74 Å². The zero-order valence-electron chi connectivity index (χ0n) is 15.1. The fourth-order valence-electron chi connectivity index (χ4n) is 2.97. The van der Waals surface area contributed by atoms with E-state index in [0.717, 1.165) is 45.2 Å². The maximum atomic E-state index is 12.2. The van der Waals surface area contributed by atoms with Crippen LogP contribution in [0.15, 0.2) is 23.8 Å². The number of carbonyl (C=O) groups is 1. The van der Waals surface area contributed by atoms with E-state index in [1.54, 1.807) is 17.8 Å². The van der Waals surface area contributed by atoms with Gasteiger partial charge in [0.25, 0.3) is 5.91 Å². The smallest absolute Gasteiger partial charge is 0.259 e. The lowest BCUT2D eigenvalue weighted by molar-refractivity contribution is 0.0925. The van der Waals surface area contributed by atoms with Crippen molar-refractivity contribution >= 4 is 28.2 Å². The van der Waals surface area contributed by atoms with Crippen molar-refractivity contribution in [2.45, 2.75) is 19.9 Å². The normalized spacial score (nSPS) is 18.1. The van der Waals surface area contributed by atoms with Crippen LogP contribution in [0.4, 0.5) is 10.9 Å². The maximum Gasteiger partial charge on any atom is 0.259 e. The van der Waals surface area contributed by atoms with Crippen molar-refractivity contribution in [3.8, 4) is 0 Å². The maximum absolute atomic E-state index is 12.2. The van der Waals surface area contributed by atoms with Crippen LogP contribution in [0.2, 0.25) is 0 Å². The summed E-state index contributed by atoms with van der Waals surface area (Å²) in [5.41, 5.74) is 2.08. The highest BCUT2D eigenvalue weighted by molar-refractivity contribution is 7.13. The van der Waals surface area contributed by atoms with Gasteiger partial charge in [-0.05, 0) is 26.0 Å². The molecular formula is C17H24N6O2S. The molecule has 2 aromatic rings. The molecule has 1 aliphatic heterocycles. The Bertz CT molecular complexity index is 694. The molecule has 0 aromatic carbocycles. The molecule has 0 spiro atoms. The Kier molecular flexibility index (Phi) is 6.48. The van der Waals surface area contributed by atoms with Crippen LogP contribution in [0.5, 0.6) is 0 Å². The molecule has 9 heteroatoms. The molecule has 0 bridgehead atoms. The molecule has 1 unspecified atom stereocenters. The molecular weight excluding hydrogens is 352 g/mol. The van der Waals surface area contributed by atoms with Gasteiger partial charge in [0.1, 0.15) is 11.3 Å². The van der Waals surface area contributed by atoms with Crippen molar-refractivity contribution in [2.75, 3.05) is 49.6 Å². The van der Waals surface area contributed by atoms with Crippen molar-refractivity contribution in [1.29, 1.82) is 0 Å². The number of hydrogen-bond donors (Lipinski definition) is 1. The van der Waals surface area contributed by atoms with E-state index in [-0.39, 0.29) is 5.91 Å². The summed E-state index contributed by atoms with van der Waals surface area (Å²) in [5, 5.41) is 10.7. The number of anilines is 2. The molecule has 3 heterocycles. The van der Waals surface area contributed by atoms with Gasteiger partial charge in [-0.25, -0.2) is 4.98 Å². The van der Waals surface area contributed by atoms with Crippen molar-refractivity contribution in [1.82, 2.24) is 20.1 Å². The van der Waals surface area contributed by atoms with E-state index >= 15 is 0 Å². The zero-order chi connectivity index (χ0) is 18.4. The fraction of sp³-hybridized carbons (Fsp3) is 0.529. The van der Waals surface area contributed by atoms with Crippen LogP contribution in [-0.2, 0) is 4.74 Å². The molecule has 1 amide bonds. The van der Waals surface area contributed by atoms with Gasteiger partial charge < -0.3 is 9.64 Å². The summed E-state index contributed by atoms with van der Waals surface area (Å²) >= 11 is 1.28. The number of piperazine rings is 1. The molecule has 1 atom stereocenters. The largest absolute Gasteiger partial charge is 0.380 e. The summed E-state index contributed by atoms with van der Waals surface area (Å²) < 4.78 is 5.46. The van der Waals surface area contributed by atoms with Crippen LogP contribution in [0.1, 0.15) is 24.2 Å². The molecule has 0 aliphatic carbocycles. The number of nitrogens with zero attached hydrogens (tertiary/aromatic N) is 5. The van der Waals surface area contributed by atoms with Gasteiger partial charge in [0.2, 0.25) is 5.13 Å². The minimum absolute atomic E-state index is 0.227. The predicted octanol–water partition coefficient (Wildman–Crippen LogP) is 1.73. The van der Waals surface area contributed by atoms with Crippen molar-refractivity contribution in [3.63, 3.8) is 0 Å². The first-order valence-electron chi connectivity index (χ1n) is 8.77. The van der Waals surface area contributed by atoms with E-state index in [2.05, 4.69) is 37.2 Å². The summed E-state index contributed by atoms with van der Waals surface area (Å²) in [6.45, 7) is 9.55. The quantitative estimate of drug-likeness (QED) is 0.737. The highest BCUT2D eigenvalue weighted by Crippen LogP contribution is 2.18. The first-order valence-corrected chi connectivity index (χ1v) is 9.65. The second-order valence-electron chi connectivity index (χ2n) is 6.13. The number of aromatic nitrogens is 3. The molecule has 140 valence electrons. The summed E-state index contributed by atoms with van der Waals surface area (Å²) in [4.78, 5) is 21.4. The van der Waals surface area contributed by atoms with Crippen molar-refractivity contribution in [2.24, 2.45) is 0 Å². The number of hydrogen-bond acceptors (Lipinski definition) is 8. The molecule has 1 saturated heterocycles. The minimum Gasteiger partial charge on any atom is -0.380 e. The van der Waals surface area contributed by atoms with Gasteiger partial charge in [-0.3, -0.25) is 15.0 Å². The number of ether oxygens (including phenoxy) is 1. The fourth-order valence-corrected chi connectivity index (χ4v) is 3.41. The second-order valence-corrected chi connectivity index (χ2v) is 6.96. The third-order valence-electron chi connectivity index (χ3n) is 4.41. The number of nitrogens with one attached hydrogen (secondary N) is 1. The Morgan fingerprint density at radius 1 is 1.42 bits per heavy atom. The van der Waals surface area contributed by atoms with Crippen molar-refractivity contribution < 1.29 is 9.53 Å². The van der Waals surface area contributed by atoms with Crippen LogP contribution in [0, 0.1) is 0 Å². The Hall–Kier alpha value is -2.10. The van der Waals surface area contributed by atoms with Crippen LogP contribution in [0.3, 0.4) is 0 Å². The summed E-state index contributed by atoms with van der Waals surface area (Å²) in [5.74, 6) is 0.670. The minimum atomic E-state index is -0.227. The Labute approximate surface area is 157 Å². The van der Waals surface area contributed by atoms with E-state index < -0.39 is 0 Å². The average Bonchev–Trinajstić information content (AvgIpc) is 3.16. The Morgan fingerprint density at radius 3 is 2.96 bits per heavy atom. The van der Waals surface area contributed by atoms with Crippen molar-refractivity contribution in [3.05, 3.63) is 29.4 Å². The summed E-state index contributed by atoms with van der Waals surface area (Å²) in [6.07, 6.45) is 1.61. The van der Waals surface area contributed by atoms with Gasteiger partial charge in [-0.2, -0.15) is 0 Å². The monoisotopic (exact) mass is 376 g/mol. The molecule has 3 rings (SSSR count). The number of carbonyl (C=O) groups excluding carboxylic acids is 1. The van der Waals surface area contributed by atoms with Gasteiger partial charge in [0.05, 0.1) is 12.2 Å². The lowest BCUT2D eigenvalue weighted by atomic mass is 10.2. The van der Waals surface area contributed by atoms with E-state index in [9.17, 15) is 4.79 Å². The van der Waals surface area contributed by atoms with Crippen LogP contribution >= 0.6 is 11.3 Å². The first kappa shape index (κ1) is 18.7. The SMILES string of the molecule is CCOCCN1CCN(c2ccc(C(=O)Nc3nncs3)cn2)CC1C. The van der Waals surface area contributed by atoms with Crippen LogP contribution < -0.4 is 10.2 Å². The molecule has 8 nitrogen and oxygen atoms in total. The summed E-state index contributed by atoms with van der Waals surface area (Å²) in [7, 11) is 0. The van der Waals surface area contributed by atoms with Gasteiger partial charge in [-0.1, -0.05) is 11.3 Å². The number of pyridine rings is 1. The number of rotatable bonds is 7. The molecule has 1 N–H and O–H groups in total. The second kappa shape index (κ2) is 9.02. The lowest BCUT2D eigenvalue weighted by Crippen LogP contribution is -2.53. The van der Waals surface area contributed by atoms with E-state index in [1.165, 1.54) is 11.3 Å². The van der Waals surface area contributed by atoms with Gasteiger partial charge >= 0.3 is 0 Å².